The molecule has 0 radical (unpaired) electrons. The first-order valence-electron chi connectivity index (χ1n) is 35.5. The zero-order chi connectivity index (χ0) is 89.8. The van der Waals surface area contributed by atoms with Gasteiger partial charge in [-0.05, 0) is 51.3 Å². The molecule has 4 aromatic heterocycles. The molecule has 678 valence electrons. The van der Waals surface area contributed by atoms with Gasteiger partial charge in [-0.2, -0.15) is 0 Å². The van der Waals surface area contributed by atoms with Crippen molar-refractivity contribution in [3.63, 3.8) is 0 Å². The Kier molecular flexibility index (Phi) is 33.8. The van der Waals surface area contributed by atoms with Crippen LogP contribution in [0.5, 0.6) is 11.5 Å². The number of terminal acetylenes is 1. The Hall–Kier alpha value is -7.29. The molecule has 0 fully saturated rings. The van der Waals surface area contributed by atoms with Crippen LogP contribution >= 0.6 is 78.3 Å². The van der Waals surface area contributed by atoms with E-state index in [1.54, 1.807) is 47.0 Å². The van der Waals surface area contributed by atoms with Crippen molar-refractivity contribution in [2.45, 2.75) is 26.2 Å². The number of benzene rings is 4. The van der Waals surface area contributed by atoms with Gasteiger partial charge in [0.05, 0.1) is 120 Å². The van der Waals surface area contributed by atoms with E-state index in [0.29, 0.717) is 138 Å². The van der Waals surface area contributed by atoms with Gasteiger partial charge in [0.1, 0.15) is 24.7 Å². The molecule has 19 aliphatic rings. The Bertz CT molecular complexity index is 4680. The predicted octanol–water partition coefficient (Wildman–Crippen LogP) is 24.5. The normalized spacial score (nSPS) is 18.5. The number of thioether (sulfide) groups is 4. The summed E-state index contributed by atoms with van der Waals surface area (Å²) < 4.78 is 311. The topological polar surface area (TPSA) is 134 Å². The van der Waals surface area contributed by atoms with E-state index >= 15 is 0 Å². The Morgan fingerprint density at radius 2 is 0.623 bits per heavy atom. The number of pyridine rings is 4. The van der Waals surface area contributed by atoms with Crippen molar-refractivity contribution in [1.29, 1.82) is 0 Å². The van der Waals surface area contributed by atoms with Crippen LogP contribution in [0, 0.1) is 12.3 Å². The number of esters is 1. The van der Waals surface area contributed by atoms with Crippen LogP contribution in [0.25, 0.3) is 33.0 Å². The average molecular weight is 1920 g/mol. The molecule has 0 spiro atoms. The summed E-state index contributed by atoms with van der Waals surface area (Å²) in [7, 11) is -42.6. The number of nitrogens with zero attached hydrogens (tertiary/aromatic N) is 4. The molecule has 19 aliphatic heterocycles. The number of hydrogen-bond acceptors (Lipinski definition) is 16. The Morgan fingerprint density at radius 1 is 0.352 bits per heavy atom. The first-order chi connectivity index (χ1) is 56.3. The van der Waals surface area contributed by atoms with E-state index in [2.05, 4.69) is 151 Å². The number of carbonyl (C=O) groups excluding carboxylic acids is 1. The van der Waals surface area contributed by atoms with Crippen molar-refractivity contribution >= 4 is 95.0 Å². The molecular weight excluding hydrogens is 1840 g/mol. The molecule has 122 heavy (non-hydrogen) atoms. The van der Waals surface area contributed by atoms with E-state index in [4.69, 9.17) is 58.5 Å². The molecule has 0 N–H and O–H groups in total. The van der Waals surface area contributed by atoms with Crippen molar-refractivity contribution < 1.29 is 176 Å². The molecule has 0 atom stereocenters. The number of ether oxygens (including phenoxy) is 11. The molecule has 0 saturated carbocycles. The first kappa shape index (κ1) is 102. The molecule has 48 heteroatoms. The summed E-state index contributed by atoms with van der Waals surface area (Å²) >= 11 is 7.07. The fourth-order valence-corrected chi connectivity index (χ4v) is 15.1. The maximum atomic E-state index is 13.1. The molecule has 0 unspecified atom stereocenters. The minimum atomic E-state index is -10.7. The van der Waals surface area contributed by atoms with Crippen LogP contribution in [-0.2, 0) is 68.8 Å². The van der Waals surface area contributed by atoms with Crippen molar-refractivity contribution in [2.75, 3.05) is 126 Å². The van der Waals surface area contributed by atoms with Crippen LogP contribution in [0.4, 0.5) is 101 Å². The van der Waals surface area contributed by atoms with E-state index in [0.717, 1.165) is 68.7 Å². The third-order valence-electron chi connectivity index (χ3n) is 15.1. The number of hydrogen-bond donors (Lipinski definition) is 0. The van der Waals surface area contributed by atoms with Gasteiger partial charge in [0.2, 0.25) is 0 Å². The third-order valence-corrected chi connectivity index (χ3v) is 20.4. The standard InChI is InChI=1S/C40H34N4O2.C34H44O10S4.4F6P/c1-2-25-46-40(45)39-26-33-7-8-38(39)30-44-23-15-37(16-24-44)35-11-19-42(20-12-35)28-32-5-3-31(4-6-32)27-41-17-9-34(10-18-41)36-13-21-43(29-33)22-14-36;1-3-29-30-4-2-6-32(29)44-22-20-40-14-12-36-8-10-38-16-18-42-24-28-26-46-34(48-28)33-45-25-27(47-33)23-41-17-15-37-9-7-35-11-13-39-19-21-43-31(30)5-1;4*1-7(2,3,4,5)6/h1,3-24,26H,25,27-30H2;1-6,25-26H,7-24H2;;;;/q+4;;4*-1. The van der Waals surface area contributed by atoms with Crippen molar-refractivity contribution in [1.82, 2.24) is 0 Å². The van der Waals surface area contributed by atoms with Crippen LogP contribution in [0.15, 0.2) is 206 Å². The molecular formula is C74H78F24N4O12P4S4. The van der Waals surface area contributed by atoms with E-state index in [9.17, 15) is 106 Å². The van der Waals surface area contributed by atoms with Gasteiger partial charge in [-0.25, -0.2) is 23.1 Å². The van der Waals surface area contributed by atoms with Gasteiger partial charge in [0, 0.05) is 91.4 Å². The van der Waals surface area contributed by atoms with Gasteiger partial charge >= 0.3 is 138 Å². The van der Waals surface area contributed by atoms with Crippen LogP contribution in [-0.4, -0.2) is 132 Å². The zero-order valence-electron chi connectivity index (χ0n) is 63.4. The second kappa shape index (κ2) is 40.6. The molecule has 16 nitrogen and oxygen atoms in total. The van der Waals surface area contributed by atoms with Crippen molar-refractivity contribution in [3.8, 4) is 46.1 Å². The van der Waals surface area contributed by atoms with Crippen molar-refractivity contribution in [2.24, 2.45) is 0 Å². The van der Waals surface area contributed by atoms with Crippen LogP contribution in [0.1, 0.15) is 32.6 Å². The van der Waals surface area contributed by atoms with Gasteiger partial charge in [0.25, 0.3) is 0 Å². The third kappa shape index (κ3) is 50.0. The predicted molar refractivity (Wildman–Crippen MR) is 422 cm³/mol. The molecule has 0 amide bonds. The van der Waals surface area contributed by atoms with Gasteiger partial charge in [-0.15, -0.1) is 6.42 Å². The average Bonchev–Trinajstić information content (AvgIpc) is 0.909. The van der Waals surface area contributed by atoms with E-state index in [1.165, 1.54) is 29.4 Å². The number of rotatable bonds is 2. The Balaban J connectivity index is 0.000000255. The summed E-state index contributed by atoms with van der Waals surface area (Å²) in [5.41, 5.74) is 9.47. The van der Waals surface area contributed by atoms with Crippen LogP contribution < -0.4 is 27.7 Å². The monoisotopic (exact) mass is 1920 g/mol. The summed E-state index contributed by atoms with van der Waals surface area (Å²) in [6, 6.07) is 43.8. The SMILES string of the molecule is C#CCOC(=O)c1cc2ccc1C[n+]1ccc(cc1)-c1cc[n+](cc1)Cc1ccc(cc1)C[n+]1ccc(cc1)-c1cc[n+](cc1)C2.C1=C2COCCOCCOCCOCCOc3cccc4c(cccc34)OCCOCCOCCOCCOCC3=CSC(=C(S1)S2)S3.F[P-](F)(F)(F)(F)F.F[P-](F)(F)(F)(F)F.F[P-](F)(F)(F)(F)F.F[P-](F)(F)(F)(F)F. The Labute approximate surface area is 699 Å². The fraction of sp³-hybridized carbons (Fsp3) is 0.311. The molecule has 20 bridgehead atoms. The number of aromatic nitrogens is 4. The van der Waals surface area contributed by atoms with Gasteiger partial charge < -0.3 is 52.1 Å². The Morgan fingerprint density at radius 3 is 0.926 bits per heavy atom. The molecule has 8 aromatic rings. The van der Waals surface area contributed by atoms with E-state index in [-0.39, 0.29) is 6.61 Å². The summed E-state index contributed by atoms with van der Waals surface area (Å²) in [5, 5.41) is 6.32. The molecule has 0 aliphatic carbocycles. The molecule has 27 rings (SSSR count). The zero-order valence-corrected chi connectivity index (χ0v) is 70.3. The maximum absolute atomic E-state index is 13.1. The van der Waals surface area contributed by atoms with Crippen LogP contribution in [0.3, 0.4) is 0 Å². The fourth-order valence-electron chi connectivity index (χ4n) is 10.3. The first-order valence-corrected chi connectivity index (χ1v) is 47.0. The second-order valence-electron chi connectivity index (χ2n) is 25.7. The number of halogens is 24. The minimum absolute atomic E-state index is 0.0662. The van der Waals surface area contributed by atoms with E-state index < -0.39 is 37.2 Å². The van der Waals surface area contributed by atoms with Crippen molar-refractivity contribution in [3.05, 3.63) is 234 Å². The summed E-state index contributed by atoms with van der Waals surface area (Å²) in [6.45, 7) is 11.9. The van der Waals surface area contributed by atoms with Gasteiger partial charge in [0.15, 0.2) is 82.4 Å². The molecule has 0 saturated heterocycles. The number of carbonyl (C=O) groups is 1. The van der Waals surface area contributed by atoms with Gasteiger partial charge in [-0.1, -0.05) is 114 Å². The second-order valence-corrected chi connectivity index (χ2v) is 37.9. The quantitative estimate of drug-likeness (QED) is 0.0534. The van der Waals surface area contributed by atoms with Gasteiger partial charge in [-0.3, -0.25) is 0 Å². The van der Waals surface area contributed by atoms with Crippen LogP contribution in [0.2, 0.25) is 0 Å². The summed E-state index contributed by atoms with van der Waals surface area (Å²) in [6.07, 6.45) is 22.1. The summed E-state index contributed by atoms with van der Waals surface area (Å²) in [5.74, 6) is 3.57. The molecule has 4 aromatic carbocycles. The summed E-state index contributed by atoms with van der Waals surface area (Å²) in [4.78, 5) is 15.5. The van der Waals surface area contributed by atoms with E-state index in [1.807, 2.05) is 60.9 Å². The molecule has 23 heterocycles. The number of fused-ring (bicyclic) bond motifs is 4.